The van der Waals surface area contributed by atoms with Crippen LogP contribution < -0.4 is 10.6 Å². The first-order valence-corrected chi connectivity index (χ1v) is 7.55. The van der Waals surface area contributed by atoms with E-state index in [1.165, 1.54) is 0 Å². The monoisotopic (exact) mass is 323 g/mol. The van der Waals surface area contributed by atoms with Crippen molar-refractivity contribution < 1.29 is 14.4 Å². The van der Waals surface area contributed by atoms with Crippen molar-refractivity contribution in [1.82, 2.24) is 10.2 Å². The van der Waals surface area contributed by atoms with Crippen LogP contribution in [0, 0.1) is 0 Å². The van der Waals surface area contributed by atoms with Crippen molar-refractivity contribution in [2.75, 3.05) is 11.9 Å². The number of nitrogens with zero attached hydrogens (tertiary/aromatic N) is 1. The van der Waals surface area contributed by atoms with Crippen LogP contribution in [-0.4, -0.2) is 29.3 Å². The van der Waals surface area contributed by atoms with E-state index in [0.29, 0.717) is 11.3 Å². The molecule has 1 aliphatic rings. The lowest BCUT2D eigenvalue weighted by molar-refractivity contribution is -0.133. The molecule has 1 aliphatic heterocycles. The van der Waals surface area contributed by atoms with E-state index in [0.717, 1.165) is 4.90 Å². The summed E-state index contributed by atoms with van der Waals surface area (Å²) in [7, 11) is 0. The quantitative estimate of drug-likeness (QED) is 0.846. The van der Waals surface area contributed by atoms with Gasteiger partial charge in [0.1, 0.15) is 12.1 Å². The van der Waals surface area contributed by atoms with E-state index in [1.54, 1.807) is 55.5 Å². The van der Waals surface area contributed by atoms with Gasteiger partial charge in [0.2, 0.25) is 5.91 Å². The van der Waals surface area contributed by atoms with Crippen LogP contribution in [0.3, 0.4) is 0 Å². The molecule has 6 nitrogen and oxygen atoms in total. The van der Waals surface area contributed by atoms with Crippen LogP contribution in [0.25, 0.3) is 0 Å². The third-order valence-electron chi connectivity index (χ3n) is 3.99. The first-order valence-electron chi connectivity index (χ1n) is 7.55. The van der Waals surface area contributed by atoms with E-state index in [9.17, 15) is 14.4 Å². The maximum atomic E-state index is 12.7. The molecular weight excluding hydrogens is 306 g/mol. The fourth-order valence-electron chi connectivity index (χ4n) is 2.67. The van der Waals surface area contributed by atoms with Gasteiger partial charge in [0.05, 0.1) is 0 Å². The molecule has 1 saturated heterocycles. The smallest absolute Gasteiger partial charge is 0.325 e. The molecule has 6 heteroatoms. The minimum atomic E-state index is -1.16. The number of nitrogens with one attached hydrogen (secondary N) is 2. The van der Waals surface area contributed by atoms with Crippen molar-refractivity contribution in [3.05, 3.63) is 66.2 Å². The van der Waals surface area contributed by atoms with Gasteiger partial charge in [-0.3, -0.25) is 14.5 Å². The van der Waals surface area contributed by atoms with Crippen LogP contribution in [0.1, 0.15) is 12.5 Å². The zero-order valence-corrected chi connectivity index (χ0v) is 13.2. The number of rotatable bonds is 4. The van der Waals surface area contributed by atoms with Gasteiger partial charge in [0, 0.05) is 5.69 Å². The lowest BCUT2D eigenvalue weighted by atomic mass is 9.92. The van der Waals surface area contributed by atoms with Gasteiger partial charge in [-0.15, -0.1) is 0 Å². The largest absolute Gasteiger partial charge is 0.325 e. The summed E-state index contributed by atoms with van der Waals surface area (Å²) in [5.41, 5.74) is 0.125. The Bertz CT molecular complexity index is 777. The van der Waals surface area contributed by atoms with Crippen LogP contribution >= 0.6 is 0 Å². The molecule has 0 bridgehead atoms. The summed E-state index contributed by atoms with van der Waals surface area (Å²) in [5.74, 6) is -0.871. The van der Waals surface area contributed by atoms with Crippen molar-refractivity contribution >= 4 is 23.5 Å². The predicted octanol–water partition coefficient (Wildman–Crippen LogP) is 2.09. The number of hydrogen-bond donors (Lipinski definition) is 2. The number of amides is 4. The molecule has 0 saturated carbocycles. The molecule has 1 fully saturated rings. The lowest BCUT2D eigenvalue weighted by Crippen LogP contribution is -2.42. The topological polar surface area (TPSA) is 78.5 Å². The second-order valence-electron chi connectivity index (χ2n) is 5.73. The molecule has 24 heavy (non-hydrogen) atoms. The maximum Gasteiger partial charge on any atom is 0.325 e. The highest BCUT2D eigenvalue weighted by Gasteiger charge is 2.49. The number of carbonyl (C=O) groups excluding carboxylic acids is 3. The molecule has 1 atom stereocenters. The van der Waals surface area contributed by atoms with E-state index in [1.807, 2.05) is 12.1 Å². The second kappa shape index (κ2) is 6.16. The van der Waals surface area contributed by atoms with Crippen molar-refractivity contribution in [1.29, 1.82) is 0 Å². The Morgan fingerprint density at radius 2 is 1.62 bits per heavy atom. The van der Waals surface area contributed by atoms with Gasteiger partial charge in [-0.1, -0.05) is 48.5 Å². The van der Waals surface area contributed by atoms with E-state index in [4.69, 9.17) is 0 Å². The van der Waals surface area contributed by atoms with E-state index in [2.05, 4.69) is 10.6 Å². The number of benzene rings is 2. The molecule has 1 heterocycles. The Morgan fingerprint density at radius 1 is 1.04 bits per heavy atom. The molecule has 2 N–H and O–H groups in total. The van der Waals surface area contributed by atoms with Crippen LogP contribution in [0.4, 0.5) is 10.5 Å². The summed E-state index contributed by atoms with van der Waals surface area (Å²) in [6.45, 7) is 1.31. The average Bonchev–Trinajstić information content (AvgIpc) is 2.81. The number of carbonyl (C=O) groups is 3. The molecule has 0 radical (unpaired) electrons. The summed E-state index contributed by atoms with van der Waals surface area (Å²) in [5, 5.41) is 5.34. The normalized spacial score (nSPS) is 20.0. The standard InChI is InChI=1S/C18H17N3O3/c1-18(13-8-4-2-5-9-13)16(23)21(17(24)20-18)12-15(22)19-14-10-6-3-7-11-14/h2-11H,12H2,1H3,(H,19,22)(H,20,24). The summed E-state index contributed by atoms with van der Waals surface area (Å²) < 4.78 is 0. The fraction of sp³-hybridized carbons (Fsp3) is 0.167. The van der Waals surface area contributed by atoms with Crippen molar-refractivity contribution in [3.8, 4) is 0 Å². The number of imide groups is 1. The van der Waals surface area contributed by atoms with Gasteiger partial charge in [-0.25, -0.2) is 4.79 Å². The highest BCUT2D eigenvalue weighted by Crippen LogP contribution is 2.28. The lowest BCUT2D eigenvalue weighted by Gasteiger charge is -2.22. The molecule has 2 aromatic carbocycles. The molecule has 4 amide bonds. The molecule has 0 spiro atoms. The van der Waals surface area contributed by atoms with Crippen LogP contribution in [0.15, 0.2) is 60.7 Å². The Morgan fingerprint density at radius 3 is 2.25 bits per heavy atom. The van der Waals surface area contributed by atoms with Crippen LogP contribution in [0.5, 0.6) is 0 Å². The van der Waals surface area contributed by atoms with Gasteiger partial charge in [-0.2, -0.15) is 0 Å². The van der Waals surface area contributed by atoms with E-state index < -0.39 is 23.4 Å². The summed E-state index contributed by atoms with van der Waals surface area (Å²) in [6, 6.07) is 17.3. The predicted molar refractivity (Wildman–Crippen MR) is 89.1 cm³/mol. The zero-order valence-electron chi connectivity index (χ0n) is 13.2. The molecule has 122 valence electrons. The van der Waals surface area contributed by atoms with Crippen molar-refractivity contribution in [2.24, 2.45) is 0 Å². The Balaban J connectivity index is 1.74. The molecular formula is C18H17N3O3. The molecule has 1 unspecified atom stereocenters. The van der Waals surface area contributed by atoms with Gasteiger partial charge < -0.3 is 10.6 Å². The summed E-state index contributed by atoms with van der Waals surface area (Å²) >= 11 is 0. The number of para-hydroxylation sites is 1. The average molecular weight is 323 g/mol. The SMILES string of the molecule is CC1(c2ccccc2)NC(=O)N(CC(=O)Nc2ccccc2)C1=O. The first-order chi connectivity index (χ1) is 11.5. The fourth-order valence-corrected chi connectivity index (χ4v) is 2.67. The summed E-state index contributed by atoms with van der Waals surface area (Å²) in [4.78, 5) is 37.9. The van der Waals surface area contributed by atoms with Crippen LogP contribution in [0.2, 0.25) is 0 Å². The number of urea groups is 1. The number of hydrogen-bond acceptors (Lipinski definition) is 3. The minimum absolute atomic E-state index is 0.331. The Hall–Kier alpha value is -3.15. The molecule has 0 aliphatic carbocycles. The Kier molecular flexibility index (Phi) is 4.04. The van der Waals surface area contributed by atoms with Gasteiger partial charge >= 0.3 is 6.03 Å². The van der Waals surface area contributed by atoms with Gasteiger partial charge in [-0.05, 0) is 24.6 Å². The second-order valence-corrected chi connectivity index (χ2v) is 5.73. The third kappa shape index (κ3) is 2.86. The van der Waals surface area contributed by atoms with Gasteiger partial charge in [0.15, 0.2) is 0 Å². The molecule has 3 rings (SSSR count). The van der Waals surface area contributed by atoms with Gasteiger partial charge in [0.25, 0.3) is 5.91 Å². The third-order valence-corrected chi connectivity index (χ3v) is 3.99. The summed E-state index contributed by atoms with van der Waals surface area (Å²) in [6.07, 6.45) is 0. The van der Waals surface area contributed by atoms with Crippen LogP contribution in [-0.2, 0) is 15.1 Å². The maximum absolute atomic E-state index is 12.7. The van der Waals surface area contributed by atoms with Crippen molar-refractivity contribution in [3.63, 3.8) is 0 Å². The highest BCUT2D eigenvalue weighted by atomic mass is 16.2. The highest BCUT2D eigenvalue weighted by molar-refractivity contribution is 6.10. The van der Waals surface area contributed by atoms with E-state index in [-0.39, 0.29) is 6.54 Å². The molecule has 2 aromatic rings. The van der Waals surface area contributed by atoms with E-state index >= 15 is 0 Å². The first kappa shape index (κ1) is 15.7. The molecule has 0 aromatic heterocycles. The zero-order chi connectivity index (χ0) is 17.2. The Labute approximate surface area is 139 Å². The minimum Gasteiger partial charge on any atom is -0.325 e. The van der Waals surface area contributed by atoms with Crippen molar-refractivity contribution in [2.45, 2.75) is 12.5 Å². The number of anilines is 1.